The molecule has 1 saturated heterocycles. The molecule has 1 aromatic carbocycles. The molecule has 0 spiro atoms. The number of halogens is 1. The summed E-state index contributed by atoms with van der Waals surface area (Å²) in [6.45, 7) is 5.64. The van der Waals surface area contributed by atoms with Gasteiger partial charge in [-0.2, -0.15) is 0 Å². The van der Waals surface area contributed by atoms with Crippen molar-refractivity contribution in [3.05, 3.63) is 28.8 Å². The molecule has 0 aromatic heterocycles. The van der Waals surface area contributed by atoms with Crippen molar-refractivity contribution in [1.29, 1.82) is 0 Å². The first-order valence-corrected chi connectivity index (χ1v) is 7.24. The quantitative estimate of drug-likeness (QED) is 0.920. The van der Waals surface area contributed by atoms with Crippen LogP contribution in [0.3, 0.4) is 0 Å². The van der Waals surface area contributed by atoms with Crippen molar-refractivity contribution < 1.29 is 4.79 Å². The Morgan fingerprint density at radius 1 is 1.47 bits per heavy atom. The zero-order valence-corrected chi connectivity index (χ0v) is 12.3. The summed E-state index contributed by atoms with van der Waals surface area (Å²) in [4.78, 5) is 14.3. The largest absolute Gasteiger partial charge is 0.325 e. The fraction of sp³-hybridized carbons (Fsp3) is 0.533. The van der Waals surface area contributed by atoms with Crippen molar-refractivity contribution >= 4 is 23.2 Å². The van der Waals surface area contributed by atoms with E-state index in [0.29, 0.717) is 17.6 Å². The van der Waals surface area contributed by atoms with Crippen LogP contribution in [0.15, 0.2) is 18.2 Å². The van der Waals surface area contributed by atoms with Crippen LogP contribution < -0.4 is 5.32 Å². The maximum absolute atomic E-state index is 12.1. The van der Waals surface area contributed by atoms with Crippen LogP contribution in [0.5, 0.6) is 0 Å². The Hall–Kier alpha value is -1.06. The fourth-order valence-corrected chi connectivity index (χ4v) is 2.76. The molecule has 104 valence electrons. The van der Waals surface area contributed by atoms with Crippen LogP contribution in [-0.4, -0.2) is 29.9 Å². The number of carbonyl (C=O) groups excluding carboxylic acids is 1. The van der Waals surface area contributed by atoms with Crippen LogP contribution in [-0.2, 0) is 4.79 Å². The van der Waals surface area contributed by atoms with Gasteiger partial charge in [-0.25, -0.2) is 0 Å². The molecule has 1 N–H and O–H groups in total. The van der Waals surface area contributed by atoms with E-state index in [9.17, 15) is 4.79 Å². The summed E-state index contributed by atoms with van der Waals surface area (Å²) >= 11 is 5.91. The highest BCUT2D eigenvalue weighted by atomic mass is 35.5. The van der Waals surface area contributed by atoms with Gasteiger partial charge in [-0.3, -0.25) is 9.69 Å². The van der Waals surface area contributed by atoms with E-state index in [4.69, 9.17) is 11.6 Å². The van der Waals surface area contributed by atoms with Crippen molar-refractivity contribution in [2.45, 2.75) is 39.2 Å². The third-order valence-electron chi connectivity index (χ3n) is 3.75. The number of aryl methyl sites for hydroxylation is 1. The molecule has 0 unspecified atom stereocenters. The number of hydrogen-bond acceptors (Lipinski definition) is 2. The molecule has 3 nitrogen and oxygen atoms in total. The standard InChI is InChI=1S/C15H21ClN2O/c1-11-9-13(16)6-7-14(11)17-15(19)10-18-8-4-3-5-12(18)2/h6-7,9,12H,3-5,8,10H2,1-2H3,(H,17,19)/t12-/m1/s1. The van der Waals surface area contributed by atoms with Crippen LogP contribution in [0, 0.1) is 6.92 Å². The summed E-state index contributed by atoms with van der Waals surface area (Å²) in [5.74, 6) is 0.0548. The SMILES string of the molecule is Cc1cc(Cl)ccc1NC(=O)CN1CCCC[C@H]1C. The smallest absolute Gasteiger partial charge is 0.238 e. The summed E-state index contributed by atoms with van der Waals surface area (Å²) < 4.78 is 0. The van der Waals surface area contributed by atoms with Crippen LogP contribution >= 0.6 is 11.6 Å². The second-order valence-corrected chi connectivity index (χ2v) is 5.76. The topological polar surface area (TPSA) is 32.3 Å². The molecule has 2 rings (SSSR count). The Bertz CT molecular complexity index is 461. The van der Waals surface area contributed by atoms with Gasteiger partial charge in [0.25, 0.3) is 0 Å². The summed E-state index contributed by atoms with van der Waals surface area (Å²) in [5.41, 5.74) is 1.84. The molecule has 1 atom stereocenters. The van der Waals surface area contributed by atoms with Crippen LogP contribution in [0.25, 0.3) is 0 Å². The summed E-state index contributed by atoms with van der Waals surface area (Å²) in [5, 5.41) is 3.66. The maximum atomic E-state index is 12.1. The van der Waals surface area contributed by atoms with Crippen LogP contribution in [0.4, 0.5) is 5.69 Å². The number of amides is 1. The predicted molar refractivity (Wildman–Crippen MR) is 79.7 cm³/mol. The number of carbonyl (C=O) groups is 1. The van der Waals surface area contributed by atoms with Crippen LogP contribution in [0.2, 0.25) is 5.02 Å². The Balaban J connectivity index is 1.93. The van der Waals surface area contributed by atoms with Gasteiger partial charge in [0.2, 0.25) is 5.91 Å². The average Bonchev–Trinajstić information content (AvgIpc) is 2.36. The van der Waals surface area contributed by atoms with E-state index in [1.165, 1.54) is 19.3 Å². The minimum atomic E-state index is 0.0548. The molecule has 1 aliphatic heterocycles. The molecule has 19 heavy (non-hydrogen) atoms. The van der Waals surface area contributed by atoms with E-state index in [0.717, 1.165) is 17.8 Å². The number of piperidine rings is 1. The van der Waals surface area contributed by atoms with E-state index < -0.39 is 0 Å². The zero-order valence-electron chi connectivity index (χ0n) is 11.6. The predicted octanol–water partition coefficient (Wildman–Crippen LogP) is 3.46. The Labute approximate surface area is 119 Å². The van der Waals surface area contributed by atoms with Gasteiger partial charge < -0.3 is 5.32 Å². The lowest BCUT2D eigenvalue weighted by Crippen LogP contribution is -2.42. The highest BCUT2D eigenvalue weighted by Gasteiger charge is 2.20. The molecule has 4 heteroatoms. The van der Waals surface area contributed by atoms with Gasteiger partial charge in [-0.1, -0.05) is 18.0 Å². The number of anilines is 1. The van der Waals surface area contributed by atoms with Crippen molar-refractivity contribution in [2.24, 2.45) is 0 Å². The van der Waals surface area contributed by atoms with Crippen molar-refractivity contribution in [3.63, 3.8) is 0 Å². The van der Waals surface area contributed by atoms with E-state index in [1.54, 1.807) is 6.07 Å². The second-order valence-electron chi connectivity index (χ2n) is 5.32. The molecule has 1 fully saturated rings. The molecule has 0 aliphatic carbocycles. The lowest BCUT2D eigenvalue weighted by atomic mass is 10.0. The van der Waals surface area contributed by atoms with E-state index >= 15 is 0 Å². The first kappa shape index (κ1) is 14.4. The number of rotatable bonds is 3. The molecule has 0 radical (unpaired) electrons. The summed E-state index contributed by atoms with van der Waals surface area (Å²) in [7, 11) is 0. The number of likely N-dealkylation sites (tertiary alicyclic amines) is 1. The number of benzene rings is 1. The van der Waals surface area contributed by atoms with Crippen LogP contribution in [0.1, 0.15) is 31.7 Å². The number of nitrogens with one attached hydrogen (secondary N) is 1. The van der Waals surface area contributed by atoms with E-state index in [1.807, 2.05) is 19.1 Å². The minimum absolute atomic E-state index is 0.0548. The van der Waals surface area contributed by atoms with Gasteiger partial charge in [-0.05, 0) is 57.0 Å². The normalized spacial score (nSPS) is 20.3. The lowest BCUT2D eigenvalue weighted by molar-refractivity contribution is -0.118. The molecule has 1 heterocycles. The van der Waals surface area contributed by atoms with Gasteiger partial charge in [0, 0.05) is 16.8 Å². The minimum Gasteiger partial charge on any atom is -0.325 e. The van der Waals surface area contributed by atoms with Gasteiger partial charge in [-0.15, -0.1) is 0 Å². The summed E-state index contributed by atoms with van der Waals surface area (Å²) in [6.07, 6.45) is 3.65. The van der Waals surface area contributed by atoms with Gasteiger partial charge >= 0.3 is 0 Å². The molecule has 1 aromatic rings. The van der Waals surface area contributed by atoms with Crippen molar-refractivity contribution in [3.8, 4) is 0 Å². The number of hydrogen-bond donors (Lipinski definition) is 1. The zero-order chi connectivity index (χ0) is 13.8. The van der Waals surface area contributed by atoms with Gasteiger partial charge in [0.05, 0.1) is 6.54 Å². The molecule has 1 aliphatic rings. The van der Waals surface area contributed by atoms with E-state index in [2.05, 4.69) is 17.1 Å². The Kier molecular flexibility index (Phi) is 4.83. The van der Waals surface area contributed by atoms with Gasteiger partial charge in [0.1, 0.15) is 0 Å². The summed E-state index contributed by atoms with van der Waals surface area (Å²) in [6, 6.07) is 6.02. The first-order chi connectivity index (χ1) is 9.06. The third-order valence-corrected chi connectivity index (χ3v) is 3.98. The van der Waals surface area contributed by atoms with Crippen molar-refractivity contribution in [1.82, 2.24) is 4.90 Å². The molecule has 0 saturated carbocycles. The second kappa shape index (κ2) is 6.40. The average molecular weight is 281 g/mol. The molecule has 0 bridgehead atoms. The first-order valence-electron chi connectivity index (χ1n) is 6.86. The maximum Gasteiger partial charge on any atom is 0.238 e. The van der Waals surface area contributed by atoms with Crippen molar-refractivity contribution in [2.75, 3.05) is 18.4 Å². The Morgan fingerprint density at radius 3 is 2.95 bits per heavy atom. The van der Waals surface area contributed by atoms with E-state index in [-0.39, 0.29) is 5.91 Å². The Morgan fingerprint density at radius 2 is 2.26 bits per heavy atom. The molecule has 1 amide bonds. The monoisotopic (exact) mass is 280 g/mol. The number of nitrogens with zero attached hydrogens (tertiary/aromatic N) is 1. The third kappa shape index (κ3) is 3.95. The molecular formula is C15H21ClN2O. The lowest BCUT2D eigenvalue weighted by Gasteiger charge is -2.32. The van der Waals surface area contributed by atoms with Gasteiger partial charge in [0.15, 0.2) is 0 Å². The fourth-order valence-electron chi connectivity index (χ4n) is 2.53. The highest BCUT2D eigenvalue weighted by molar-refractivity contribution is 6.30. The highest BCUT2D eigenvalue weighted by Crippen LogP contribution is 2.20. The molecular weight excluding hydrogens is 260 g/mol.